The van der Waals surface area contributed by atoms with Gasteiger partial charge in [0.25, 0.3) is 0 Å². The Hall–Kier alpha value is -2.12. The quantitative estimate of drug-likeness (QED) is 0.318. The molecule has 0 atom stereocenters. The Morgan fingerprint density at radius 2 is 1.92 bits per heavy atom. The Morgan fingerprint density at radius 1 is 1.38 bits per heavy atom. The third-order valence-corrected chi connectivity index (χ3v) is 0.842. The molecule has 0 aromatic heterocycles. The van der Waals surface area contributed by atoms with Crippen molar-refractivity contribution in [3.05, 3.63) is 0 Å². The predicted molar refractivity (Wildman–Crippen MR) is 43.5 cm³/mol. The molecule has 8 heteroatoms. The van der Waals surface area contributed by atoms with Gasteiger partial charge in [-0.3, -0.25) is 0 Å². The van der Waals surface area contributed by atoms with Crippen LogP contribution in [0.3, 0.4) is 0 Å². The third kappa shape index (κ3) is 5.18. The van der Waals surface area contributed by atoms with Crippen LogP contribution in [-0.4, -0.2) is 41.8 Å². The van der Waals surface area contributed by atoms with Crippen LogP contribution in [0.4, 0.5) is 4.79 Å². The van der Waals surface area contributed by atoms with Crippen molar-refractivity contribution in [2.45, 2.75) is 0 Å². The van der Waals surface area contributed by atoms with Crippen LogP contribution in [0.2, 0.25) is 0 Å². The smallest absolute Gasteiger partial charge is 0.427 e. The van der Waals surface area contributed by atoms with Gasteiger partial charge in [-0.2, -0.15) is 5.10 Å². The SMILES string of the molecule is COC(=O)NN=C(/C=N/O)/C=N/O. The molecule has 0 spiro atoms. The molecule has 1 amide bonds. The van der Waals surface area contributed by atoms with E-state index < -0.39 is 6.09 Å². The summed E-state index contributed by atoms with van der Waals surface area (Å²) >= 11 is 0. The fraction of sp³-hybridized carbons (Fsp3) is 0.200. The normalized spacial score (nSPS) is 10.2. The number of rotatable bonds is 3. The zero-order valence-electron chi connectivity index (χ0n) is 6.71. The lowest BCUT2D eigenvalue weighted by Crippen LogP contribution is -2.20. The average Bonchev–Trinajstić information content (AvgIpc) is 2.14. The highest BCUT2D eigenvalue weighted by atomic mass is 16.5. The van der Waals surface area contributed by atoms with Gasteiger partial charge in [0, 0.05) is 0 Å². The summed E-state index contributed by atoms with van der Waals surface area (Å²) in [5.41, 5.74) is 1.86. The highest BCUT2D eigenvalue weighted by molar-refractivity contribution is 6.55. The average molecular weight is 188 g/mol. The molecule has 0 aliphatic heterocycles. The number of hydrogen-bond donors (Lipinski definition) is 3. The molecule has 0 heterocycles. The van der Waals surface area contributed by atoms with Crippen molar-refractivity contribution in [3.63, 3.8) is 0 Å². The molecule has 0 aromatic rings. The van der Waals surface area contributed by atoms with E-state index in [0.717, 1.165) is 19.5 Å². The molecular formula is C5H8N4O4. The minimum atomic E-state index is -0.796. The van der Waals surface area contributed by atoms with Crippen molar-refractivity contribution in [2.75, 3.05) is 7.11 Å². The van der Waals surface area contributed by atoms with Crippen molar-refractivity contribution in [1.82, 2.24) is 5.43 Å². The van der Waals surface area contributed by atoms with Gasteiger partial charge in [0.15, 0.2) is 0 Å². The van der Waals surface area contributed by atoms with Gasteiger partial charge in [0.1, 0.15) is 5.71 Å². The van der Waals surface area contributed by atoms with Crippen molar-refractivity contribution < 1.29 is 19.9 Å². The minimum Gasteiger partial charge on any atom is -0.452 e. The van der Waals surface area contributed by atoms with Crippen molar-refractivity contribution in [2.24, 2.45) is 15.4 Å². The largest absolute Gasteiger partial charge is 0.452 e. The molecule has 0 saturated carbocycles. The van der Waals surface area contributed by atoms with Crippen LogP contribution in [0.15, 0.2) is 15.4 Å². The van der Waals surface area contributed by atoms with Gasteiger partial charge in [-0.25, -0.2) is 10.2 Å². The second-order valence-corrected chi connectivity index (χ2v) is 1.63. The van der Waals surface area contributed by atoms with Crippen LogP contribution in [0, 0.1) is 0 Å². The van der Waals surface area contributed by atoms with Crippen molar-refractivity contribution in [1.29, 1.82) is 0 Å². The number of oxime groups is 2. The second kappa shape index (κ2) is 6.58. The maximum atomic E-state index is 10.5. The fourth-order valence-electron chi connectivity index (χ4n) is 0.365. The first-order chi connectivity index (χ1) is 6.24. The number of methoxy groups -OCH3 is 1. The number of hydrazone groups is 1. The summed E-state index contributed by atoms with van der Waals surface area (Å²) in [5, 5.41) is 24.7. The van der Waals surface area contributed by atoms with E-state index in [-0.39, 0.29) is 5.71 Å². The molecule has 0 unspecified atom stereocenters. The highest BCUT2D eigenvalue weighted by Gasteiger charge is 1.96. The summed E-state index contributed by atoms with van der Waals surface area (Å²) < 4.78 is 4.19. The molecule has 0 rings (SSSR count). The molecule has 0 aliphatic carbocycles. The summed E-state index contributed by atoms with van der Waals surface area (Å²) in [6, 6.07) is 0. The van der Waals surface area contributed by atoms with Gasteiger partial charge < -0.3 is 15.2 Å². The monoisotopic (exact) mass is 188 g/mol. The Labute approximate surface area is 73.2 Å². The van der Waals surface area contributed by atoms with Gasteiger partial charge in [0.2, 0.25) is 0 Å². The number of nitrogens with one attached hydrogen (secondary N) is 1. The lowest BCUT2D eigenvalue weighted by atomic mass is 10.4. The van der Waals surface area contributed by atoms with E-state index in [2.05, 4.69) is 20.1 Å². The molecule has 0 bridgehead atoms. The number of carbonyl (C=O) groups is 1. The number of hydrogen-bond acceptors (Lipinski definition) is 7. The molecule has 0 radical (unpaired) electrons. The summed E-state index contributed by atoms with van der Waals surface area (Å²) in [4.78, 5) is 10.5. The first-order valence-corrected chi connectivity index (χ1v) is 3.01. The maximum Gasteiger partial charge on any atom is 0.427 e. The molecule has 0 aromatic carbocycles. The van der Waals surface area contributed by atoms with E-state index in [0.29, 0.717) is 0 Å². The van der Waals surface area contributed by atoms with Gasteiger partial charge in [-0.15, -0.1) is 0 Å². The maximum absolute atomic E-state index is 10.5. The van der Waals surface area contributed by atoms with E-state index in [1.54, 1.807) is 0 Å². The Morgan fingerprint density at radius 3 is 2.31 bits per heavy atom. The third-order valence-electron chi connectivity index (χ3n) is 0.842. The number of nitrogens with zero attached hydrogens (tertiary/aromatic N) is 3. The summed E-state index contributed by atoms with van der Waals surface area (Å²) in [5.74, 6) is 0. The van der Waals surface area contributed by atoms with Gasteiger partial charge in [0.05, 0.1) is 19.5 Å². The Balaban J connectivity index is 4.27. The minimum absolute atomic E-state index is 0.0598. The molecule has 0 aliphatic rings. The van der Waals surface area contributed by atoms with E-state index in [4.69, 9.17) is 10.4 Å². The van der Waals surface area contributed by atoms with Gasteiger partial charge in [-0.05, 0) is 0 Å². The molecule has 3 N–H and O–H groups in total. The Bertz CT molecular complexity index is 233. The first-order valence-electron chi connectivity index (χ1n) is 3.01. The van der Waals surface area contributed by atoms with Crippen LogP contribution >= 0.6 is 0 Å². The van der Waals surface area contributed by atoms with Gasteiger partial charge in [-0.1, -0.05) is 10.3 Å². The van der Waals surface area contributed by atoms with Gasteiger partial charge >= 0.3 is 6.09 Å². The number of carbonyl (C=O) groups excluding carboxylic acids is 1. The lowest BCUT2D eigenvalue weighted by molar-refractivity contribution is 0.171. The van der Waals surface area contributed by atoms with Crippen molar-refractivity contribution >= 4 is 24.2 Å². The van der Waals surface area contributed by atoms with Crippen LogP contribution in [0.1, 0.15) is 0 Å². The molecule has 13 heavy (non-hydrogen) atoms. The van der Waals surface area contributed by atoms with E-state index in [1.807, 2.05) is 5.43 Å². The lowest BCUT2D eigenvalue weighted by Gasteiger charge is -1.95. The highest BCUT2D eigenvalue weighted by Crippen LogP contribution is 1.73. The first kappa shape index (κ1) is 10.9. The van der Waals surface area contributed by atoms with E-state index in [1.165, 1.54) is 0 Å². The zero-order valence-corrected chi connectivity index (χ0v) is 6.71. The molecule has 72 valence electrons. The van der Waals surface area contributed by atoms with Crippen LogP contribution in [-0.2, 0) is 4.74 Å². The second-order valence-electron chi connectivity index (χ2n) is 1.63. The van der Waals surface area contributed by atoms with E-state index >= 15 is 0 Å². The zero-order chi connectivity index (χ0) is 10.1. The van der Waals surface area contributed by atoms with Crippen molar-refractivity contribution in [3.8, 4) is 0 Å². The number of ether oxygens (including phenoxy) is 1. The fourth-order valence-corrected chi connectivity index (χ4v) is 0.365. The molecular weight excluding hydrogens is 180 g/mol. The van der Waals surface area contributed by atoms with Crippen LogP contribution in [0.25, 0.3) is 0 Å². The Kier molecular flexibility index (Phi) is 5.51. The molecule has 0 fully saturated rings. The summed E-state index contributed by atoms with van der Waals surface area (Å²) in [6.45, 7) is 0. The molecule has 8 nitrogen and oxygen atoms in total. The van der Waals surface area contributed by atoms with Crippen LogP contribution < -0.4 is 5.43 Å². The topological polar surface area (TPSA) is 116 Å². The van der Waals surface area contributed by atoms with Crippen LogP contribution in [0.5, 0.6) is 0 Å². The number of amides is 1. The standard InChI is InChI=1S/C5H8N4O4/c1-13-5(10)9-8-4(2-6-11)3-7-12/h2-3,11-12H,1H3,(H,9,10)/b6-2+,7-3+. The predicted octanol–water partition coefficient (Wildman–Crippen LogP) is -0.382. The van der Waals surface area contributed by atoms with E-state index in [9.17, 15) is 4.79 Å². The summed E-state index contributed by atoms with van der Waals surface area (Å²) in [6.07, 6.45) is 0.917. The summed E-state index contributed by atoms with van der Waals surface area (Å²) in [7, 11) is 1.16. The molecule has 0 saturated heterocycles.